The van der Waals surface area contributed by atoms with Crippen molar-refractivity contribution in [1.82, 2.24) is 10.2 Å². The van der Waals surface area contributed by atoms with E-state index in [0.29, 0.717) is 0 Å². The summed E-state index contributed by atoms with van der Waals surface area (Å²) in [7, 11) is 0. The van der Waals surface area contributed by atoms with Gasteiger partial charge in [0.1, 0.15) is 0 Å². The van der Waals surface area contributed by atoms with Gasteiger partial charge >= 0.3 is 0 Å². The van der Waals surface area contributed by atoms with Crippen molar-refractivity contribution in [2.45, 2.75) is 32.9 Å². The number of aryl methyl sites for hydroxylation is 1. The fraction of sp³-hybridized carbons (Fsp3) is 0.500. The summed E-state index contributed by atoms with van der Waals surface area (Å²) in [5.74, 6) is 0.145. The zero-order chi connectivity index (χ0) is 12.4. The normalized spacial score (nSPS) is 24.8. The summed E-state index contributed by atoms with van der Waals surface area (Å²) in [6.45, 7) is 7.97. The Hall–Kier alpha value is -1.35. The molecule has 0 bridgehead atoms. The van der Waals surface area contributed by atoms with Gasteiger partial charge in [0.15, 0.2) is 0 Å². The van der Waals surface area contributed by atoms with E-state index in [1.165, 1.54) is 5.56 Å². The molecule has 0 radical (unpaired) electrons. The SMILES string of the molecule is Cc1ccc(C(=O)N2C(C)CNCC2C)cc1. The number of benzene rings is 1. The van der Waals surface area contributed by atoms with Gasteiger partial charge in [-0.15, -0.1) is 0 Å². The molecule has 1 saturated heterocycles. The van der Waals surface area contributed by atoms with Crippen LogP contribution < -0.4 is 5.32 Å². The first-order chi connectivity index (χ1) is 8.09. The molecule has 1 amide bonds. The minimum Gasteiger partial charge on any atom is -0.331 e. The predicted molar refractivity (Wildman–Crippen MR) is 69.1 cm³/mol. The summed E-state index contributed by atoms with van der Waals surface area (Å²) in [5, 5.41) is 3.34. The molecule has 0 saturated carbocycles. The molecule has 0 spiro atoms. The Labute approximate surface area is 103 Å². The number of carbonyl (C=O) groups excluding carboxylic acids is 1. The van der Waals surface area contributed by atoms with Crippen LogP contribution in [0.25, 0.3) is 0 Å². The van der Waals surface area contributed by atoms with Crippen molar-refractivity contribution in [2.75, 3.05) is 13.1 Å². The summed E-state index contributed by atoms with van der Waals surface area (Å²) in [6.07, 6.45) is 0. The maximum Gasteiger partial charge on any atom is 0.254 e. The van der Waals surface area contributed by atoms with Gasteiger partial charge in [0, 0.05) is 30.7 Å². The predicted octanol–water partition coefficient (Wildman–Crippen LogP) is 1.82. The number of piperazine rings is 1. The third-order valence-electron chi connectivity index (χ3n) is 3.36. The summed E-state index contributed by atoms with van der Waals surface area (Å²) in [6, 6.07) is 8.33. The first-order valence-electron chi connectivity index (χ1n) is 6.19. The molecule has 2 unspecified atom stereocenters. The molecule has 1 aromatic rings. The van der Waals surface area contributed by atoms with Gasteiger partial charge < -0.3 is 10.2 Å². The molecule has 1 N–H and O–H groups in total. The van der Waals surface area contributed by atoms with Crippen LogP contribution in [0.2, 0.25) is 0 Å². The van der Waals surface area contributed by atoms with Gasteiger partial charge in [0.2, 0.25) is 0 Å². The molecular formula is C14H20N2O. The van der Waals surface area contributed by atoms with Crippen LogP contribution in [-0.4, -0.2) is 36.0 Å². The summed E-state index contributed by atoms with van der Waals surface area (Å²) in [4.78, 5) is 14.4. The molecule has 1 aliphatic rings. The Morgan fingerprint density at radius 2 is 1.71 bits per heavy atom. The topological polar surface area (TPSA) is 32.3 Å². The minimum absolute atomic E-state index is 0.145. The highest BCUT2D eigenvalue weighted by molar-refractivity contribution is 5.94. The van der Waals surface area contributed by atoms with Crippen LogP contribution in [0.3, 0.4) is 0 Å². The zero-order valence-electron chi connectivity index (χ0n) is 10.7. The fourth-order valence-corrected chi connectivity index (χ4v) is 2.38. The van der Waals surface area contributed by atoms with Gasteiger partial charge in [-0.2, -0.15) is 0 Å². The number of amides is 1. The summed E-state index contributed by atoms with van der Waals surface area (Å²) >= 11 is 0. The van der Waals surface area contributed by atoms with E-state index in [-0.39, 0.29) is 18.0 Å². The van der Waals surface area contributed by atoms with Gasteiger partial charge in [-0.1, -0.05) is 17.7 Å². The van der Waals surface area contributed by atoms with Crippen LogP contribution in [-0.2, 0) is 0 Å². The first-order valence-corrected chi connectivity index (χ1v) is 6.19. The molecule has 17 heavy (non-hydrogen) atoms. The van der Waals surface area contributed by atoms with Gasteiger partial charge in [0.25, 0.3) is 5.91 Å². The van der Waals surface area contributed by atoms with Crippen molar-refractivity contribution in [3.05, 3.63) is 35.4 Å². The van der Waals surface area contributed by atoms with Crippen LogP contribution in [0.1, 0.15) is 29.8 Å². The van der Waals surface area contributed by atoms with Crippen molar-refractivity contribution in [1.29, 1.82) is 0 Å². The molecule has 2 rings (SSSR count). The molecule has 0 aromatic heterocycles. The van der Waals surface area contributed by atoms with Gasteiger partial charge in [-0.25, -0.2) is 0 Å². The molecular weight excluding hydrogens is 212 g/mol. The lowest BCUT2D eigenvalue weighted by molar-refractivity contribution is 0.0544. The Balaban J connectivity index is 2.20. The van der Waals surface area contributed by atoms with Crippen LogP contribution in [0.15, 0.2) is 24.3 Å². The van der Waals surface area contributed by atoms with Crippen molar-refractivity contribution in [3.63, 3.8) is 0 Å². The molecule has 0 aliphatic carbocycles. The monoisotopic (exact) mass is 232 g/mol. The lowest BCUT2D eigenvalue weighted by atomic mass is 10.1. The summed E-state index contributed by atoms with van der Waals surface area (Å²) in [5.41, 5.74) is 1.97. The van der Waals surface area contributed by atoms with E-state index in [4.69, 9.17) is 0 Å². The second-order valence-corrected chi connectivity index (χ2v) is 4.93. The standard InChI is InChI=1S/C14H20N2O/c1-10-4-6-13(7-5-10)14(17)16-11(2)8-15-9-12(16)3/h4-7,11-12,15H,8-9H2,1-3H3. The van der Waals surface area contributed by atoms with Gasteiger partial charge in [0.05, 0.1) is 0 Å². The number of nitrogens with one attached hydrogen (secondary N) is 1. The fourth-order valence-electron chi connectivity index (χ4n) is 2.38. The highest BCUT2D eigenvalue weighted by Crippen LogP contribution is 2.15. The highest BCUT2D eigenvalue weighted by atomic mass is 16.2. The maximum atomic E-state index is 12.4. The Morgan fingerprint density at radius 1 is 1.18 bits per heavy atom. The lowest BCUT2D eigenvalue weighted by Crippen LogP contribution is -2.57. The Morgan fingerprint density at radius 3 is 2.24 bits per heavy atom. The largest absolute Gasteiger partial charge is 0.331 e. The average molecular weight is 232 g/mol. The second kappa shape index (κ2) is 4.88. The first kappa shape index (κ1) is 12.1. The zero-order valence-corrected chi connectivity index (χ0v) is 10.7. The van der Waals surface area contributed by atoms with Crippen molar-refractivity contribution >= 4 is 5.91 Å². The maximum absolute atomic E-state index is 12.4. The number of rotatable bonds is 1. The smallest absolute Gasteiger partial charge is 0.254 e. The van der Waals surface area contributed by atoms with Crippen LogP contribution in [0.4, 0.5) is 0 Å². The van der Waals surface area contributed by atoms with Gasteiger partial charge in [-0.05, 0) is 32.9 Å². The number of hydrogen-bond donors (Lipinski definition) is 1. The molecule has 3 nitrogen and oxygen atoms in total. The van der Waals surface area contributed by atoms with E-state index in [2.05, 4.69) is 19.2 Å². The van der Waals surface area contributed by atoms with Crippen LogP contribution in [0, 0.1) is 6.92 Å². The molecule has 1 fully saturated rings. The average Bonchev–Trinajstić information content (AvgIpc) is 2.29. The van der Waals surface area contributed by atoms with E-state index in [9.17, 15) is 4.79 Å². The number of hydrogen-bond acceptors (Lipinski definition) is 2. The molecule has 2 atom stereocenters. The van der Waals surface area contributed by atoms with Crippen molar-refractivity contribution < 1.29 is 4.79 Å². The third kappa shape index (κ3) is 2.50. The molecule has 3 heteroatoms. The molecule has 1 aromatic carbocycles. The van der Waals surface area contributed by atoms with E-state index in [1.54, 1.807) is 0 Å². The molecule has 1 heterocycles. The third-order valence-corrected chi connectivity index (χ3v) is 3.36. The van der Waals surface area contributed by atoms with Crippen LogP contribution in [0.5, 0.6) is 0 Å². The quantitative estimate of drug-likeness (QED) is 0.801. The highest BCUT2D eigenvalue weighted by Gasteiger charge is 2.29. The molecule has 92 valence electrons. The molecule has 1 aliphatic heterocycles. The second-order valence-electron chi connectivity index (χ2n) is 4.93. The number of carbonyl (C=O) groups is 1. The Bertz CT molecular complexity index is 389. The Kier molecular flexibility index (Phi) is 3.48. The van der Waals surface area contributed by atoms with E-state index < -0.39 is 0 Å². The van der Waals surface area contributed by atoms with Gasteiger partial charge in [-0.3, -0.25) is 4.79 Å². The van der Waals surface area contributed by atoms with Crippen molar-refractivity contribution in [2.24, 2.45) is 0 Å². The summed E-state index contributed by atoms with van der Waals surface area (Å²) < 4.78 is 0. The van der Waals surface area contributed by atoms with E-state index in [1.807, 2.05) is 36.1 Å². The lowest BCUT2D eigenvalue weighted by Gasteiger charge is -2.39. The van der Waals surface area contributed by atoms with Crippen LogP contribution >= 0.6 is 0 Å². The van der Waals surface area contributed by atoms with Crippen molar-refractivity contribution in [3.8, 4) is 0 Å². The minimum atomic E-state index is 0.145. The van der Waals surface area contributed by atoms with E-state index >= 15 is 0 Å². The van der Waals surface area contributed by atoms with E-state index in [0.717, 1.165) is 18.7 Å². The number of nitrogens with zero attached hydrogens (tertiary/aromatic N) is 1.